The first-order chi connectivity index (χ1) is 16.6. The molecule has 0 bridgehead atoms. The molecule has 1 amide bonds. The van der Waals surface area contributed by atoms with E-state index < -0.39 is 23.4 Å². The van der Waals surface area contributed by atoms with Gasteiger partial charge in [0.25, 0.3) is 5.91 Å². The highest BCUT2D eigenvalue weighted by Gasteiger charge is 2.29. The summed E-state index contributed by atoms with van der Waals surface area (Å²) < 4.78 is 24.7. The third kappa shape index (κ3) is 4.36. The van der Waals surface area contributed by atoms with E-state index in [9.17, 15) is 14.0 Å². The van der Waals surface area contributed by atoms with Crippen molar-refractivity contribution in [3.8, 4) is 17.4 Å². The number of aliphatic imine (C=N–C) groups is 1. The molecule has 2 aliphatic rings. The zero-order valence-electron chi connectivity index (χ0n) is 17.8. The Morgan fingerprint density at radius 2 is 1.91 bits per heavy atom. The van der Waals surface area contributed by atoms with E-state index in [0.717, 1.165) is 0 Å². The van der Waals surface area contributed by atoms with Crippen molar-refractivity contribution in [1.29, 1.82) is 0 Å². The number of aromatic nitrogens is 1. The minimum atomic E-state index is -0.744. The van der Waals surface area contributed by atoms with Gasteiger partial charge in [0.05, 0.1) is 5.92 Å². The minimum Gasteiger partial charge on any atom is -0.474 e. The second kappa shape index (κ2) is 9.14. The van der Waals surface area contributed by atoms with Gasteiger partial charge in [-0.05, 0) is 42.0 Å². The molecule has 34 heavy (non-hydrogen) atoms. The van der Waals surface area contributed by atoms with E-state index in [0.29, 0.717) is 47.5 Å². The van der Waals surface area contributed by atoms with Crippen LogP contribution in [-0.4, -0.2) is 36.0 Å². The van der Waals surface area contributed by atoms with Gasteiger partial charge in [-0.2, -0.15) is 0 Å². The molecule has 9 heteroatoms. The first-order valence-electron chi connectivity index (χ1n) is 10.6. The molecule has 3 heterocycles. The summed E-state index contributed by atoms with van der Waals surface area (Å²) >= 11 is 0. The fourth-order valence-corrected chi connectivity index (χ4v) is 3.62. The number of benzene rings is 2. The summed E-state index contributed by atoms with van der Waals surface area (Å²) in [5.41, 5.74) is 1.65. The maximum Gasteiger partial charge on any atom is 0.260 e. The maximum atomic E-state index is 13.2. The number of amides is 1. The highest BCUT2D eigenvalue weighted by Crippen LogP contribution is 2.37. The molecule has 2 aromatic carbocycles. The average molecular weight is 458 g/mol. The summed E-state index contributed by atoms with van der Waals surface area (Å²) in [6.07, 6.45) is 4.28. The summed E-state index contributed by atoms with van der Waals surface area (Å²) in [5, 5.41) is 5.91. The molecule has 2 N–H and O–H groups in total. The van der Waals surface area contributed by atoms with Gasteiger partial charge in [0.2, 0.25) is 5.88 Å². The number of hydrogen-bond donors (Lipinski definition) is 2. The number of nitrogens with zero attached hydrogens (tertiary/aromatic N) is 2. The number of carbonyl (C=O) groups excluding carboxylic acids is 2. The second-order valence-corrected chi connectivity index (χ2v) is 7.58. The van der Waals surface area contributed by atoms with Crippen molar-refractivity contribution in [2.24, 2.45) is 4.99 Å². The number of fused-ring (bicyclic) bond motifs is 1. The number of Topliss-reactive ketones (excluding diaryl/α,β-unsaturated/α-hetero) is 1. The predicted molar refractivity (Wildman–Crippen MR) is 124 cm³/mol. The number of carbonyl (C=O) groups is 2. The molecule has 5 rings (SSSR count). The van der Waals surface area contributed by atoms with E-state index in [4.69, 9.17) is 9.47 Å². The normalized spacial score (nSPS) is 16.6. The van der Waals surface area contributed by atoms with Crippen LogP contribution in [0.2, 0.25) is 0 Å². The van der Waals surface area contributed by atoms with Crippen molar-refractivity contribution >= 4 is 29.3 Å². The quantitative estimate of drug-likeness (QED) is 0.559. The Morgan fingerprint density at radius 1 is 1.12 bits per heavy atom. The zero-order valence-corrected chi connectivity index (χ0v) is 17.8. The SMILES string of the molecule is O=C(Nc1ccc(Oc2ccnc3c2NCCO3)cc1)C1=CN=CC(c2ccc(F)cc2)C1=O. The van der Waals surface area contributed by atoms with E-state index >= 15 is 0 Å². The number of anilines is 2. The first-order valence-corrected chi connectivity index (χ1v) is 10.6. The Labute approximate surface area is 194 Å². The highest BCUT2D eigenvalue weighted by molar-refractivity contribution is 6.29. The molecule has 170 valence electrons. The molecular formula is C25H19FN4O4. The highest BCUT2D eigenvalue weighted by atomic mass is 19.1. The number of nitrogens with one attached hydrogen (secondary N) is 2. The van der Waals surface area contributed by atoms with Gasteiger partial charge in [-0.15, -0.1) is 0 Å². The molecule has 0 radical (unpaired) electrons. The van der Waals surface area contributed by atoms with Crippen LogP contribution in [0.3, 0.4) is 0 Å². The molecule has 1 unspecified atom stereocenters. The van der Waals surface area contributed by atoms with Gasteiger partial charge in [-0.1, -0.05) is 12.1 Å². The van der Waals surface area contributed by atoms with E-state index in [2.05, 4.69) is 20.6 Å². The van der Waals surface area contributed by atoms with Crippen LogP contribution in [0.5, 0.6) is 17.4 Å². The van der Waals surface area contributed by atoms with Crippen LogP contribution < -0.4 is 20.1 Å². The minimum absolute atomic E-state index is 0.0772. The predicted octanol–water partition coefficient (Wildman–Crippen LogP) is 4.08. The van der Waals surface area contributed by atoms with Crippen LogP contribution >= 0.6 is 0 Å². The number of hydrogen-bond acceptors (Lipinski definition) is 7. The van der Waals surface area contributed by atoms with Gasteiger partial charge in [0, 0.05) is 36.9 Å². The Morgan fingerprint density at radius 3 is 2.71 bits per heavy atom. The summed E-state index contributed by atoms with van der Waals surface area (Å²) in [7, 11) is 0. The summed E-state index contributed by atoms with van der Waals surface area (Å²) in [6.45, 7) is 1.19. The molecule has 1 atom stereocenters. The third-order valence-corrected chi connectivity index (χ3v) is 5.32. The first kappa shape index (κ1) is 21.3. The fourth-order valence-electron chi connectivity index (χ4n) is 3.62. The van der Waals surface area contributed by atoms with Crippen LogP contribution in [0, 0.1) is 5.82 Å². The lowest BCUT2D eigenvalue weighted by Crippen LogP contribution is -2.27. The zero-order chi connectivity index (χ0) is 23.5. The standard InChI is InChI=1S/C25H19FN4O4/c26-16-3-1-15(2-4-16)19-13-27-14-20(23(19)31)24(32)30-17-5-7-18(8-6-17)34-21-9-10-29-25-22(21)28-11-12-33-25/h1-10,13-14,19,28H,11-12H2,(H,30,32). The van der Waals surface area contributed by atoms with Crippen LogP contribution in [-0.2, 0) is 9.59 Å². The van der Waals surface area contributed by atoms with E-state index in [1.165, 1.54) is 36.7 Å². The topological polar surface area (TPSA) is 102 Å². The Bertz CT molecular complexity index is 1300. The molecule has 2 aliphatic heterocycles. The van der Waals surface area contributed by atoms with E-state index in [-0.39, 0.29) is 5.57 Å². The smallest absolute Gasteiger partial charge is 0.260 e. The third-order valence-electron chi connectivity index (χ3n) is 5.32. The van der Waals surface area contributed by atoms with Crippen molar-refractivity contribution in [3.05, 3.63) is 83.9 Å². The van der Waals surface area contributed by atoms with Crippen LogP contribution in [0.15, 0.2) is 77.6 Å². The van der Waals surface area contributed by atoms with Crippen LogP contribution in [0.1, 0.15) is 11.5 Å². The second-order valence-electron chi connectivity index (χ2n) is 7.58. The summed E-state index contributed by atoms with van der Waals surface area (Å²) in [6, 6.07) is 14.0. The monoisotopic (exact) mass is 458 g/mol. The molecule has 1 aromatic heterocycles. The molecule has 0 saturated carbocycles. The fraction of sp³-hybridized carbons (Fsp3) is 0.120. The average Bonchev–Trinajstić information content (AvgIpc) is 2.86. The number of rotatable bonds is 5. The summed E-state index contributed by atoms with van der Waals surface area (Å²) in [4.78, 5) is 33.8. The van der Waals surface area contributed by atoms with Gasteiger partial charge < -0.3 is 20.1 Å². The number of halogens is 1. The van der Waals surface area contributed by atoms with Gasteiger partial charge in [-0.3, -0.25) is 14.6 Å². The lowest BCUT2D eigenvalue weighted by Gasteiger charge is -2.20. The van der Waals surface area contributed by atoms with Gasteiger partial charge >= 0.3 is 0 Å². The largest absolute Gasteiger partial charge is 0.474 e. The number of pyridine rings is 1. The van der Waals surface area contributed by atoms with Crippen molar-refractivity contribution in [3.63, 3.8) is 0 Å². The van der Waals surface area contributed by atoms with Crippen LogP contribution in [0.4, 0.5) is 15.8 Å². The van der Waals surface area contributed by atoms with E-state index in [1.54, 1.807) is 36.5 Å². The lowest BCUT2D eigenvalue weighted by atomic mass is 9.90. The molecule has 0 spiro atoms. The van der Waals surface area contributed by atoms with E-state index in [1.807, 2.05) is 0 Å². The molecule has 0 fully saturated rings. The maximum absolute atomic E-state index is 13.2. The Kier molecular flexibility index (Phi) is 5.73. The Balaban J connectivity index is 1.26. The van der Waals surface area contributed by atoms with Crippen LogP contribution in [0.25, 0.3) is 0 Å². The molecule has 8 nitrogen and oxygen atoms in total. The van der Waals surface area contributed by atoms with Crippen molar-refractivity contribution in [2.45, 2.75) is 5.92 Å². The lowest BCUT2D eigenvalue weighted by molar-refractivity contribution is -0.120. The Hall–Kier alpha value is -4.53. The molecular weight excluding hydrogens is 439 g/mol. The number of ketones is 1. The van der Waals surface area contributed by atoms with Gasteiger partial charge in [0.1, 0.15) is 29.4 Å². The molecule has 0 saturated heterocycles. The van der Waals surface area contributed by atoms with Crippen molar-refractivity contribution in [2.75, 3.05) is 23.8 Å². The summed E-state index contributed by atoms with van der Waals surface area (Å²) in [5.74, 6) is -0.524. The van der Waals surface area contributed by atoms with Crippen molar-refractivity contribution in [1.82, 2.24) is 4.98 Å². The molecule has 0 aliphatic carbocycles. The number of ether oxygens (including phenoxy) is 2. The van der Waals surface area contributed by atoms with Crippen molar-refractivity contribution < 1.29 is 23.5 Å². The van der Waals surface area contributed by atoms with Gasteiger partial charge in [-0.25, -0.2) is 9.37 Å². The van der Waals surface area contributed by atoms with Gasteiger partial charge in [0.15, 0.2) is 11.5 Å². The molecule has 3 aromatic rings.